The minimum absolute atomic E-state index is 0.00213. The fourth-order valence-electron chi connectivity index (χ4n) is 2.89. The molecule has 0 spiro atoms. The summed E-state index contributed by atoms with van der Waals surface area (Å²) in [7, 11) is 0. The quantitative estimate of drug-likeness (QED) is 0.195. The Balaban J connectivity index is 1.63. The number of anilines is 1. The molecule has 0 aromatic heterocycles. The van der Waals surface area contributed by atoms with Gasteiger partial charge in [-0.15, -0.1) is 11.8 Å². The normalized spacial score (nSPS) is 22.0. The third-order valence-electron chi connectivity index (χ3n) is 4.54. The van der Waals surface area contributed by atoms with E-state index < -0.39 is 23.4 Å². The number of hydrazone groups is 1. The number of carbonyl (C=O) groups excluding carboxylic acids is 3. The third kappa shape index (κ3) is 4.11. The van der Waals surface area contributed by atoms with Crippen molar-refractivity contribution in [1.29, 1.82) is 5.41 Å². The number of carbonyl (C=O) groups is 3. The van der Waals surface area contributed by atoms with Crippen LogP contribution >= 0.6 is 11.8 Å². The van der Waals surface area contributed by atoms with Gasteiger partial charge in [0.1, 0.15) is 5.54 Å². The van der Waals surface area contributed by atoms with E-state index in [0.717, 1.165) is 24.0 Å². The maximum atomic E-state index is 12.3. The molecule has 0 bridgehead atoms. The van der Waals surface area contributed by atoms with Crippen LogP contribution in [-0.2, 0) is 9.59 Å². The van der Waals surface area contributed by atoms with Gasteiger partial charge in [-0.1, -0.05) is 0 Å². The maximum absolute atomic E-state index is 12.3. The SMILES string of the molecule is CSc1ccc(N/N=C(\C=N)C(=O)NC[C@@]2(C3CC3)NC(=O)NC2=O)cc1. The summed E-state index contributed by atoms with van der Waals surface area (Å²) in [5.41, 5.74) is 2.15. The minimum Gasteiger partial charge on any atom is -0.348 e. The third-order valence-corrected chi connectivity index (χ3v) is 5.28. The molecule has 3 rings (SSSR count). The molecule has 0 radical (unpaired) electrons. The summed E-state index contributed by atoms with van der Waals surface area (Å²) in [4.78, 5) is 37.1. The van der Waals surface area contributed by atoms with Crippen molar-refractivity contribution in [3.05, 3.63) is 24.3 Å². The van der Waals surface area contributed by atoms with Crippen molar-refractivity contribution in [2.75, 3.05) is 18.2 Å². The average molecular weight is 388 g/mol. The summed E-state index contributed by atoms with van der Waals surface area (Å²) in [6.45, 7) is -0.0522. The lowest BCUT2D eigenvalue weighted by molar-refractivity contribution is -0.125. The van der Waals surface area contributed by atoms with Gasteiger partial charge < -0.3 is 16.0 Å². The number of hydrogen-bond acceptors (Lipinski definition) is 7. The van der Waals surface area contributed by atoms with Gasteiger partial charge in [-0.25, -0.2) is 4.79 Å². The van der Waals surface area contributed by atoms with Gasteiger partial charge in [-0.05, 0) is 49.3 Å². The van der Waals surface area contributed by atoms with Crippen LogP contribution in [0.1, 0.15) is 12.8 Å². The van der Waals surface area contributed by atoms with Crippen LogP contribution in [0.2, 0.25) is 0 Å². The van der Waals surface area contributed by atoms with Gasteiger partial charge in [0, 0.05) is 4.90 Å². The van der Waals surface area contributed by atoms with Crippen LogP contribution in [0, 0.1) is 11.3 Å². The molecule has 2 fully saturated rings. The van der Waals surface area contributed by atoms with Crippen LogP contribution in [-0.4, -0.2) is 48.1 Å². The summed E-state index contributed by atoms with van der Waals surface area (Å²) in [5.74, 6) is -1.04. The first-order valence-corrected chi connectivity index (χ1v) is 9.61. The Morgan fingerprint density at radius 2 is 2.07 bits per heavy atom. The molecule has 1 heterocycles. The van der Waals surface area contributed by atoms with E-state index in [9.17, 15) is 14.4 Å². The predicted octanol–water partition coefficient (Wildman–Crippen LogP) is 0.930. The molecule has 1 saturated carbocycles. The second kappa shape index (κ2) is 7.78. The van der Waals surface area contributed by atoms with E-state index >= 15 is 0 Å². The van der Waals surface area contributed by atoms with Gasteiger partial charge >= 0.3 is 6.03 Å². The Kier molecular flexibility index (Phi) is 5.45. The van der Waals surface area contributed by atoms with Gasteiger partial charge in [-0.3, -0.25) is 20.3 Å². The fourth-order valence-corrected chi connectivity index (χ4v) is 3.30. The summed E-state index contributed by atoms with van der Waals surface area (Å²) >= 11 is 1.61. The predicted molar refractivity (Wildman–Crippen MR) is 103 cm³/mol. The van der Waals surface area contributed by atoms with E-state index in [1.165, 1.54) is 0 Å². The first kappa shape index (κ1) is 18.9. The zero-order chi connectivity index (χ0) is 19.4. The maximum Gasteiger partial charge on any atom is 0.322 e. The van der Waals surface area contributed by atoms with Crippen LogP contribution in [0.4, 0.5) is 10.5 Å². The first-order chi connectivity index (χ1) is 13.0. The lowest BCUT2D eigenvalue weighted by Crippen LogP contribution is -2.57. The van der Waals surface area contributed by atoms with E-state index in [-0.39, 0.29) is 18.2 Å². The molecule has 1 aromatic carbocycles. The highest BCUT2D eigenvalue weighted by molar-refractivity contribution is 7.98. The van der Waals surface area contributed by atoms with Gasteiger partial charge in [0.05, 0.1) is 18.4 Å². The lowest BCUT2D eigenvalue weighted by atomic mass is 9.93. The summed E-state index contributed by atoms with van der Waals surface area (Å²) < 4.78 is 0. The molecular weight excluding hydrogens is 368 g/mol. The Hall–Kier alpha value is -2.88. The van der Waals surface area contributed by atoms with Crippen molar-refractivity contribution in [3.63, 3.8) is 0 Å². The fraction of sp³-hybridized carbons (Fsp3) is 0.353. The van der Waals surface area contributed by atoms with E-state index in [1.54, 1.807) is 11.8 Å². The van der Waals surface area contributed by atoms with Crippen molar-refractivity contribution < 1.29 is 14.4 Å². The second-order valence-electron chi connectivity index (χ2n) is 6.32. The molecule has 9 nitrogen and oxygen atoms in total. The molecule has 1 aliphatic carbocycles. The Bertz CT molecular complexity index is 805. The van der Waals surface area contributed by atoms with Crippen LogP contribution in [0.5, 0.6) is 0 Å². The number of urea groups is 1. The number of thioether (sulfide) groups is 1. The largest absolute Gasteiger partial charge is 0.348 e. The number of imide groups is 1. The average Bonchev–Trinajstić information content (AvgIpc) is 3.47. The standard InChI is InChI=1S/C17H20N6O3S/c1-27-12-6-4-11(5-7-12)22-23-13(8-18)14(24)19-9-17(10-2-3-10)15(25)20-16(26)21-17/h4-8,10,18,22H,2-3,9H2,1H3,(H,19,24)(H2,20,21,25,26)/b18-8?,23-13+/t17-/m0/s1. The molecular formula is C17H20N6O3S. The van der Waals surface area contributed by atoms with E-state index in [0.29, 0.717) is 5.69 Å². The highest BCUT2D eigenvalue weighted by Gasteiger charge is 2.56. The van der Waals surface area contributed by atoms with Crippen LogP contribution in [0.15, 0.2) is 34.3 Å². The molecule has 142 valence electrons. The molecule has 5 N–H and O–H groups in total. The van der Waals surface area contributed by atoms with Crippen molar-refractivity contribution in [1.82, 2.24) is 16.0 Å². The topological polar surface area (TPSA) is 136 Å². The van der Waals surface area contributed by atoms with E-state index in [1.807, 2.05) is 30.5 Å². The molecule has 1 atom stereocenters. The molecule has 27 heavy (non-hydrogen) atoms. The van der Waals surface area contributed by atoms with Gasteiger partial charge in [-0.2, -0.15) is 5.10 Å². The highest BCUT2D eigenvalue weighted by Crippen LogP contribution is 2.40. The molecule has 4 amide bonds. The van der Waals surface area contributed by atoms with Gasteiger partial charge in [0.15, 0.2) is 5.71 Å². The van der Waals surface area contributed by atoms with Crippen molar-refractivity contribution in [2.24, 2.45) is 11.0 Å². The Morgan fingerprint density at radius 3 is 2.59 bits per heavy atom. The molecule has 0 unspecified atom stereocenters. The van der Waals surface area contributed by atoms with Gasteiger partial charge in [0.25, 0.3) is 11.8 Å². The van der Waals surface area contributed by atoms with Crippen LogP contribution in [0.25, 0.3) is 0 Å². The number of nitrogens with zero attached hydrogens (tertiary/aromatic N) is 1. The minimum atomic E-state index is -1.12. The van der Waals surface area contributed by atoms with Crippen molar-refractivity contribution in [2.45, 2.75) is 23.3 Å². The van der Waals surface area contributed by atoms with Gasteiger partial charge in [0.2, 0.25) is 0 Å². The van der Waals surface area contributed by atoms with Crippen LogP contribution < -0.4 is 21.4 Å². The van der Waals surface area contributed by atoms with Crippen molar-refractivity contribution in [3.8, 4) is 0 Å². The molecule has 10 heteroatoms. The number of nitrogens with one attached hydrogen (secondary N) is 5. The monoisotopic (exact) mass is 388 g/mol. The molecule has 1 aromatic rings. The zero-order valence-corrected chi connectivity index (χ0v) is 15.5. The Labute approximate surface area is 160 Å². The summed E-state index contributed by atoms with van der Waals surface area (Å²) in [6.07, 6.45) is 4.42. The highest BCUT2D eigenvalue weighted by atomic mass is 32.2. The Morgan fingerprint density at radius 1 is 1.37 bits per heavy atom. The summed E-state index contributed by atoms with van der Waals surface area (Å²) in [5, 5.41) is 18.8. The molecule has 1 aliphatic heterocycles. The van der Waals surface area contributed by atoms with E-state index in [4.69, 9.17) is 5.41 Å². The lowest BCUT2D eigenvalue weighted by Gasteiger charge is -2.26. The van der Waals surface area contributed by atoms with Crippen LogP contribution in [0.3, 0.4) is 0 Å². The molecule has 1 saturated heterocycles. The number of benzene rings is 1. The van der Waals surface area contributed by atoms with E-state index in [2.05, 4.69) is 26.5 Å². The number of amides is 4. The van der Waals surface area contributed by atoms with Crippen molar-refractivity contribution >= 4 is 47.2 Å². The first-order valence-electron chi connectivity index (χ1n) is 8.38. The second-order valence-corrected chi connectivity index (χ2v) is 7.20. The number of hydrogen-bond donors (Lipinski definition) is 5. The zero-order valence-electron chi connectivity index (χ0n) is 14.7. The smallest absolute Gasteiger partial charge is 0.322 e. The number of rotatable bonds is 8. The summed E-state index contributed by atoms with van der Waals surface area (Å²) in [6, 6.07) is 6.89. The molecule has 2 aliphatic rings.